The van der Waals surface area contributed by atoms with Crippen LogP contribution in [0.25, 0.3) is 5.69 Å². The number of rotatable bonds is 8. The number of likely N-dealkylation sites (N-methyl/N-ethyl adjacent to an activating group) is 1. The molecule has 0 saturated carbocycles. The number of carbonyl (C=O) groups excluding carboxylic acids is 1. The Morgan fingerprint density at radius 3 is 2.42 bits per heavy atom. The molecule has 33 heavy (non-hydrogen) atoms. The molecule has 3 aromatic rings. The highest BCUT2D eigenvalue weighted by molar-refractivity contribution is 6.34. The van der Waals surface area contributed by atoms with Gasteiger partial charge in [0, 0.05) is 29.3 Å². The SMILES string of the molecule is [B]c1c(OCc2ccc(F)cc2OCC(=O)NCC)cc(C)n(-c2c(F)cccc2F)c1=O. The van der Waals surface area contributed by atoms with E-state index in [0.717, 1.165) is 22.8 Å². The molecule has 0 atom stereocenters. The van der Waals surface area contributed by atoms with E-state index in [4.69, 9.17) is 17.3 Å². The normalized spacial score (nSPS) is 10.7. The summed E-state index contributed by atoms with van der Waals surface area (Å²) < 4.78 is 53.9. The van der Waals surface area contributed by atoms with E-state index in [9.17, 15) is 22.8 Å². The van der Waals surface area contributed by atoms with Crippen LogP contribution < -0.4 is 25.8 Å². The van der Waals surface area contributed by atoms with Gasteiger partial charge in [-0.05, 0) is 44.2 Å². The van der Waals surface area contributed by atoms with Gasteiger partial charge in [0.25, 0.3) is 11.5 Å². The second-order valence-corrected chi connectivity index (χ2v) is 7.06. The molecule has 0 aliphatic carbocycles. The van der Waals surface area contributed by atoms with Crippen LogP contribution in [0, 0.1) is 24.4 Å². The topological polar surface area (TPSA) is 69.6 Å². The molecule has 1 N–H and O–H groups in total. The lowest BCUT2D eigenvalue weighted by molar-refractivity contribution is -0.123. The Morgan fingerprint density at radius 2 is 1.76 bits per heavy atom. The number of hydrogen-bond donors (Lipinski definition) is 1. The van der Waals surface area contributed by atoms with Gasteiger partial charge >= 0.3 is 0 Å². The lowest BCUT2D eigenvalue weighted by Crippen LogP contribution is -2.36. The number of benzene rings is 2. The minimum atomic E-state index is -0.923. The monoisotopic (exact) mass is 456 g/mol. The summed E-state index contributed by atoms with van der Waals surface area (Å²) >= 11 is 0. The number of halogens is 3. The van der Waals surface area contributed by atoms with Crippen LogP contribution >= 0.6 is 0 Å². The Balaban J connectivity index is 1.87. The summed E-state index contributed by atoms with van der Waals surface area (Å²) in [6.07, 6.45) is 0. The fourth-order valence-electron chi connectivity index (χ4n) is 3.15. The van der Waals surface area contributed by atoms with Crippen molar-refractivity contribution in [3.63, 3.8) is 0 Å². The molecule has 1 aromatic heterocycles. The minimum absolute atomic E-state index is 0.0236. The molecule has 0 unspecified atom stereocenters. The van der Waals surface area contributed by atoms with Crippen molar-refractivity contribution in [1.82, 2.24) is 9.88 Å². The Kier molecular flexibility index (Phi) is 7.47. The van der Waals surface area contributed by atoms with E-state index in [-0.39, 0.29) is 41.8 Å². The highest BCUT2D eigenvalue weighted by Crippen LogP contribution is 2.23. The zero-order valence-electron chi connectivity index (χ0n) is 18.0. The molecule has 10 heteroatoms. The van der Waals surface area contributed by atoms with Crippen molar-refractivity contribution < 1.29 is 27.4 Å². The summed E-state index contributed by atoms with van der Waals surface area (Å²) in [7, 11) is 5.90. The van der Waals surface area contributed by atoms with Gasteiger partial charge in [0.2, 0.25) is 0 Å². The van der Waals surface area contributed by atoms with E-state index >= 15 is 0 Å². The number of nitrogens with zero attached hydrogens (tertiary/aromatic N) is 1. The van der Waals surface area contributed by atoms with Gasteiger partial charge in [-0.2, -0.15) is 0 Å². The number of aryl methyl sites for hydroxylation is 1. The molecule has 0 saturated heterocycles. The number of nitrogens with one attached hydrogen (secondary N) is 1. The third kappa shape index (κ3) is 5.39. The highest BCUT2D eigenvalue weighted by atomic mass is 19.1. The molecule has 0 aliphatic rings. The van der Waals surface area contributed by atoms with Crippen LogP contribution in [0.1, 0.15) is 18.2 Å². The molecule has 0 bridgehead atoms. The van der Waals surface area contributed by atoms with Gasteiger partial charge in [-0.15, -0.1) is 0 Å². The maximum atomic E-state index is 14.2. The van der Waals surface area contributed by atoms with Crippen molar-refractivity contribution >= 4 is 19.2 Å². The first-order valence-electron chi connectivity index (χ1n) is 10.00. The number of carbonyl (C=O) groups is 1. The van der Waals surface area contributed by atoms with Crippen LogP contribution in [0.15, 0.2) is 47.3 Å². The Bertz CT molecular complexity index is 1230. The van der Waals surface area contributed by atoms with Gasteiger partial charge in [0.15, 0.2) is 6.61 Å². The van der Waals surface area contributed by atoms with Crippen molar-refractivity contribution in [3.8, 4) is 17.2 Å². The summed E-state index contributed by atoms with van der Waals surface area (Å²) in [4.78, 5) is 24.4. The van der Waals surface area contributed by atoms with Gasteiger partial charge in [-0.25, -0.2) is 13.2 Å². The highest BCUT2D eigenvalue weighted by Gasteiger charge is 2.18. The molecule has 6 nitrogen and oxygen atoms in total. The van der Waals surface area contributed by atoms with Crippen molar-refractivity contribution in [1.29, 1.82) is 0 Å². The van der Waals surface area contributed by atoms with E-state index in [1.807, 2.05) is 0 Å². The lowest BCUT2D eigenvalue weighted by Gasteiger charge is -2.17. The number of para-hydroxylation sites is 1. The minimum Gasteiger partial charge on any atom is -0.489 e. The molecule has 1 heterocycles. The van der Waals surface area contributed by atoms with E-state index in [1.165, 1.54) is 31.2 Å². The van der Waals surface area contributed by atoms with Gasteiger partial charge in [0.05, 0.1) is 0 Å². The van der Waals surface area contributed by atoms with Crippen molar-refractivity contribution in [2.24, 2.45) is 0 Å². The Morgan fingerprint density at radius 1 is 1.06 bits per heavy atom. The first-order chi connectivity index (χ1) is 15.7. The average molecular weight is 456 g/mol. The summed E-state index contributed by atoms with van der Waals surface area (Å²) in [6, 6.07) is 8.30. The van der Waals surface area contributed by atoms with Gasteiger partial charge in [-0.3, -0.25) is 14.2 Å². The summed E-state index contributed by atoms with van der Waals surface area (Å²) in [6.45, 7) is 3.14. The fraction of sp³-hybridized carbons (Fsp3) is 0.217. The quantitative estimate of drug-likeness (QED) is 0.529. The van der Waals surface area contributed by atoms with Crippen LogP contribution in [0.3, 0.4) is 0 Å². The number of amides is 1. The first kappa shape index (κ1) is 24.0. The third-order valence-electron chi connectivity index (χ3n) is 4.70. The average Bonchev–Trinajstić information content (AvgIpc) is 2.77. The first-order valence-corrected chi connectivity index (χ1v) is 10.00. The fourth-order valence-corrected chi connectivity index (χ4v) is 3.15. The molecule has 2 radical (unpaired) electrons. The maximum Gasteiger partial charge on any atom is 0.257 e. The van der Waals surface area contributed by atoms with Crippen LogP contribution in [-0.4, -0.2) is 31.5 Å². The zero-order valence-corrected chi connectivity index (χ0v) is 18.0. The largest absolute Gasteiger partial charge is 0.489 e. The molecule has 170 valence electrons. The molecule has 1 amide bonds. The smallest absolute Gasteiger partial charge is 0.257 e. The molecule has 0 aliphatic heterocycles. The Hall–Kier alpha value is -3.69. The van der Waals surface area contributed by atoms with Gasteiger partial charge in [-0.1, -0.05) is 6.07 Å². The third-order valence-corrected chi connectivity index (χ3v) is 4.70. The van der Waals surface area contributed by atoms with Gasteiger partial charge < -0.3 is 14.8 Å². The molecular weight excluding hydrogens is 436 g/mol. The van der Waals surface area contributed by atoms with Crippen molar-refractivity contribution in [2.75, 3.05) is 13.2 Å². The van der Waals surface area contributed by atoms with Crippen LogP contribution in [0.5, 0.6) is 11.5 Å². The second kappa shape index (κ2) is 10.3. The summed E-state index contributed by atoms with van der Waals surface area (Å²) in [5.41, 5.74) is -1.20. The predicted molar refractivity (Wildman–Crippen MR) is 117 cm³/mol. The standard InChI is InChI=1S/C23H20BF3N2O4/c1-3-28-20(30)12-33-18-10-15(25)8-7-14(18)11-32-19-9-13(2)29(23(31)21(19)24)22-16(26)5-4-6-17(22)27/h4-10H,3,11-12H2,1-2H3,(H,28,30). The number of pyridine rings is 1. The molecule has 3 rings (SSSR count). The molecule has 0 spiro atoms. The number of ether oxygens (including phenoxy) is 2. The molecule has 2 aromatic carbocycles. The van der Waals surface area contributed by atoms with E-state index in [2.05, 4.69) is 5.32 Å². The van der Waals surface area contributed by atoms with E-state index in [1.54, 1.807) is 6.92 Å². The maximum absolute atomic E-state index is 14.2. The predicted octanol–water partition coefficient (Wildman–Crippen LogP) is 2.45. The van der Waals surface area contributed by atoms with Crippen LogP contribution in [0.4, 0.5) is 13.2 Å². The number of aromatic nitrogens is 1. The van der Waals surface area contributed by atoms with Crippen LogP contribution in [0.2, 0.25) is 0 Å². The molecule has 0 fully saturated rings. The Labute approximate surface area is 189 Å². The molecular formula is C23H20BF3N2O4. The zero-order chi connectivity index (χ0) is 24.1. The lowest BCUT2D eigenvalue weighted by atomic mass is 9.96. The number of hydrogen-bond acceptors (Lipinski definition) is 4. The van der Waals surface area contributed by atoms with Crippen LogP contribution in [-0.2, 0) is 11.4 Å². The summed E-state index contributed by atoms with van der Waals surface area (Å²) in [5.74, 6) is -2.74. The van der Waals surface area contributed by atoms with E-state index in [0.29, 0.717) is 12.1 Å². The van der Waals surface area contributed by atoms with E-state index < -0.39 is 28.7 Å². The second-order valence-electron chi connectivity index (χ2n) is 7.06. The van der Waals surface area contributed by atoms with Crippen molar-refractivity contribution in [2.45, 2.75) is 20.5 Å². The summed E-state index contributed by atoms with van der Waals surface area (Å²) in [5, 5.41) is 2.56. The van der Waals surface area contributed by atoms with Crippen molar-refractivity contribution in [3.05, 3.63) is 81.5 Å². The van der Waals surface area contributed by atoms with Gasteiger partial charge in [0.1, 0.15) is 49.1 Å².